The first-order chi connectivity index (χ1) is 5.30. The summed E-state index contributed by atoms with van der Waals surface area (Å²) in [4.78, 5) is 0. The summed E-state index contributed by atoms with van der Waals surface area (Å²) in [6.45, 7) is 4.41. The van der Waals surface area contributed by atoms with E-state index in [4.69, 9.17) is 0 Å². The maximum atomic E-state index is 2.25. The molecule has 0 bridgehead atoms. The predicted octanol–water partition coefficient (Wildman–Crippen LogP) is 3.39. The third-order valence-electron chi connectivity index (χ3n) is 1.83. The normalized spacial score (nSPS) is 25.3. The quantitative estimate of drug-likeness (QED) is 0.531. The molecule has 60 valence electrons. The first kappa shape index (κ1) is 8.66. The number of hydrogen-bond acceptors (Lipinski definition) is 1. The molecule has 1 unspecified atom stereocenters. The van der Waals surface area contributed by atoms with Gasteiger partial charge in [0.25, 0.3) is 0 Å². The summed E-state index contributed by atoms with van der Waals surface area (Å²) < 4.78 is 0. The molecule has 0 saturated carbocycles. The van der Waals surface area contributed by atoms with Gasteiger partial charge in [-0.15, -0.1) is 11.8 Å². The molecule has 0 saturated heterocycles. The Kier molecular flexibility index (Phi) is 3.50. The molecule has 0 spiro atoms. The van der Waals surface area contributed by atoms with Crippen molar-refractivity contribution in [2.45, 2.75) is 13.8 Å². The largest absolute Gasteiger partial charge is 0.130 e. The van der Waals surface area contributed by atoms with E-state index in [9.17, 15) is 0 Å². The molecule has 0 aromatic carbocycles. The number of hydrogen-bond donors (Lipinski definition) is 0. The van der Waals surface area contributed by atoms with E-state index in [2.05, 4.69) is 43.6 Å². The molecule has 11 heavy (non-hydrogen) atoms. The lowest BCUT2D eigenvalue weighted by Crippen LogP contribution is -1.89. The van der Waals surface area contributed by atoms with Crippen LogP contribution in [0.15, 0.2) is 35.3 Å². The minimum Gasteiger partial charge on any atom is -0.130 e. The van der Waals surface area contributed by atoms with E-state index in [1.54, 1.807) is 0 Å². The number of allylic oxidation sites excluding steroid dienone is 4. The minimum atomic E-state index is 0.588. The van der Waals surface area contributed by atoms with E-state index in [1.165, 1.54) is 5.57 Å². The van der Waals surface area contributed by atoms with Gasteiger partial charge in [0.1, 0.15) is 0 Å². The molecular weight excluding hydrogens is 152 g/mol. The molecule has 0 amide bonds. The van der Waals surface area contributed by atoms with Crippen LogP contribution < -0.4 is 0 Å². The van der Waals surface area contributed by atoms with Crippen LogP contribution in [0.3, 0.4) is 0 Å². The lowest BCUT2D eigenvalue weighted by Gasteiger charge is -2.04. The lowest BCUT2D eigenvalue weighted by molar-refractivity contribution is 0.866. The molecule has 1 rings (SSSR count). The summed E-state index contributed by atoms with van der Waals surface area (Å²) in [6.07, 6.45) is 8.67. The van der Waals surface area contributed by atoms with Gasteiger partial charge in [-0.2, -0.15) is 0 Å². The van der Waals surface area contributed by atoms with Crippen LogP contribution in [0.4, 0.5) is 0 Å². The van der Waals surface area contributed by atoms with Crippen LogP contribution in [0.5, 0.6) is 0 Å². The first-order valence-electron chi connectivity index (χ1n) is 3.92. The Hall–Kier alpha value is -0.430. The van der Waals surface area contributed by atoms with Crippen molar-refractivity contribution in [3.8, 4) is 0 Å². The van der Waals surface area contributed by atoms with Crippen LogP contribution in [0, 0.1) is 5.92 Å². The third kappa shape index (κ3) is 2.98. The monoisotopic (exact) mass is 166 g/mol. The van der Waals surface area contributed by atoms with Crippen molar-refractivity contribution in [3.05, 3.63) is 35.3 Å². The predicted molar refractivity (Wildman–Crippen MR) is 53.7 cm³/mol. The molecule has 0 radical (unpaired) electrons. The van der Waals surface area contributed by atoms with Gasteiger partial charge in [0.15, 0.2) is 0 Å². The molecular formula is C10H14S. The van der Waals surface area contributed by atoms with Gasteiger partial charge >= 0.3 is 0 Å². The smallest absolute Gasteiger partial charge is 0.0157 e. The van der Waals surface area contributed by atoms with E-state index < -0.39 is 0 Å². The average Bonchev–Trinajstić information content (AvgIpc) is 2.07. The van der Waals surface area contributed by atoms with Crippen LogP contribution in [0.2, 0.25) is 0 Å². The Morgan fingerprint density at radius 1 is 1.45 bits per heavy atom. The maximum absolute atomic E-state index is 2.25. The molecule has 0 fully saturated rings. The zero-order valence-electron chi connectivity index (χ0n) is 7.08. The summed E-state index contributed by atoms with van der Waals surface area (Å²) >= 11 is 1.87. The topological polar surface area (TPSA) is 0 Å². The number of thioether (sulfide) groups is 1. The van der Waals surface area contributed by atoms with Crippen LogP contribution in [0.1, 0.15) is 13.8 Å². The highest BCUT2D eigenvalue weighted by atomic mass is 32.2. The fourth-order valence-electron chi connectivity index (χ4n) is 0.859. The molecule has 1 aliphatic heterocycles. The Bertz CT molecular complexity index is 199. The van der Waals surface area contributed by atoms with Crippen LogP contribution >= 0.6 is 11.8 Å². The van der Waals surface area contributed by atoms with Crippen molar-refractivity contribution in [2.24, 2.45) is 5.92 Å². The van der Waals surface area contributed by atoms with E-state index >= 15 is 0 Å². The van der Waals surface area contributed by atoms with Crippen molar-refractivity contribution in [3.63, 3.8) is 0 Å². The Balaban J connectivity index is 2.69. The maximum Gasteiger partial charge on any atom is 0.0157 e. The Morgan fingerprint density at radius 3 is 3.09 bits per heavy atom. The highest BCUT2D eigenvalue weighted by molar-refractivity contribution is 8.02. The van der Waals surface area contributed by atoms with Crippen molar-refractivity contribution < 1.29 is 0 Å². The van der Waals surface area contributed by atoms with E-state index in [0.29, 0.717) is 5.92 Å². The molecule has 0 N–H and O–H groups in total. The van der Waals surface area contributed by atoms with E-state index in [-0.39, 0.29) is 0 Å². The third-order valence-corrected chi connectivity index (χ3v) is 2.75. The highest BCUT2D eigenvalue weighted by Crippen LogP contribution is 2.17. The molecule has 0 nitrogen and oxygen atoms in total. The summed E-state index contributed by atoms with van der Waals surface area (Å²) in [7, 11) is 0. The van der Waals surface area contributed by atoms with E-state index in [1.807, 2.05) is 11.8 Å². The van der Waals surface area contributed by atoms with Gasteiger partial charge < -0.3 is 0 Å². The molecule has 0 aromatic heterocycles. The van der Waals surface area contributed by atoms with Crippen molar-refractivity contribution >= 4 is 11.8 Å². The van der Waals surface area contributed by atoms with Crippen LogP contribution in [-0.4, -0.2) is 5.75 Å². The van der Waals surface area contributed by atoms with Gasteiger partial charge in [-0.3, -0.25) is 0 Å². The fourth-order valence-corrected chi connectivity index (χ4v) is 1.66. The number of rotatable bonds is 0. The van der Waals surface area contributed by atoms with Gasteiger partial charge in [0.2, 0.25) is 0 Å². The second-order valence-corrected chi connectivity index (χ2v) is 3.70. The Labute approximate surface area is 73.1 Å². The standard InChI is InChI=1S/C10H14S/c1-9-6-4-3-5-7-11-8-10(9)2/h3-6,8-9H,7H2,1-2H3. The van der Waals surface area contributed by atoms with Crippen LogP contribution in [-0.2, 0) is 0 Å². The minimum absolute atomic E-state index is 0.588. The summed E-state index contributed by atoms with van der Waals surface area (Å²) in [5.41, 5.74) is 1.45. The zero-order valence-corrected chi connectivity index (χ0v) is 7.90. The van der Waals surface area contributed by atoms with Crippen LogP contribution in [0.25, 0.3) is 0 Å². The first-order valence-corrected chi connectivity index (χ1v) is 4.97. The molecule has 1 heterocycles. The van der Waals surface area contributed by atoms with E-state index in [0.717, 1.165) is 5.75 Å². The van der Waals surface area contributed by atoms with Gasteiger partial charge in [0.05, 0.1) is 0 Å². The Morgan fingerprint density at radius 2 is 2.27 bits per heavy atom. The SMILES string of the molecule is CC1=CSCC=CC=CC1C. The van der Waals surface area contributed by atoms with Gasteiger partial charge in [-0.25, -0.2) is 0 Å². The van der Waals surface area contributed by atoms with Crippen molar-refractivity contribution in [2.75, 3.05) is 5.75 Å². The fraction of sp³-hybridized carbons (Fsp3) is 0.400. The van der Waals surface area contributed by atoms with Gasteiger partial charge in [0, 0.05) is 5.75 Å². The molecule has 0 aromatic rings. The second kappa shape index (κ2) is 4.45. The van der Waals surface area contributed by atoms with Crippen molar-refractivity contribution in [1.29, 1.82) is 0 Å². The summed E-state index contributed by atoms with van der Waals surface area (Å²) in [6, 6.07) is 0. The molecule has 0 aliphatic carbocycles. The highest BCUT2D eigenvalue weighted by Gasteiger charge is 1.98. The molecule has 1 heteroatoms. The lowest BCUT2D eigenvalue weighted by atomic mass is 10.0. The van der Waals surface area contributed by atoms with Crippen molar-refractivity contribution in [1.82, 2.24) is 0 Å². The molecule has 1 atom stereocenters. The second-order valence-electron chi connectivity index (χ2n) is 2.80. The average molecular weight is 166 g/mol. The zero-order chi connectivity index (χ0) is 8.10. The summed E-state index contributed by atoms with van der Waals surface area (Å²) in [5.74, 6) is 1.68. The van der Waals surface area contributed by atoms with Gasteiger partial charge in [-0.05, 0) is 18.2 Å². The molecule has 1 aliphatic rings. The summed E-state index contributed by atoms with van der Waals surface area (Å²) in [5, 5.41) is 2.25. The van der Waals surface area contributed by atoms with Gasteiger partial charge in [-0.1, -0.05) is 36.8 Å².